The lowest BCUT2D eigenvalue weighted by Gasteiger charge is -2.14. The molecule has 150 valence electrons. The molecule has 1 aliphatic carbocycles. The zero-order chi connectivity index (χ0) is 20.8. The molecule has 1 aliphatic rings. The first-order valence-corrected chi connectivity index (χ1v) is 12.1. The number of hydrogen-bond donors (Lipinski definition) is 2. The third kappa shape index (κ3) is 4.00. The zero-order valence-electron chi connectivity index (χ0n) is 14.8. The quantitative estimate of drug-likeness (QED) is 0.480. The van der Waals surface area contributed by atoms with Crippen LogP contribution in [-0.2, 0) is 14.8 Å². The molecule has 0 aliphatic heterocycles. The predicted molar refractivity (Wildman–Crippen MR) is 117 cm³/mol. The molecule has 0 spiro atoms. The maximum absolute atomic E-state index is 12.9. The zero-order valence-corrected chi connectivity index (χ0v) is 18.8. The molecule has 2 unspecified atom stereocenters. The molecule has 5 nitrogen and oxygen atoms in total. The summed E-state index contributed by atoms with van der Waals surface area (Å²) in [6.45, 7) is 0. The largest absolute Gasteiger partial charge is 0.480 e. The Bertz CT molecular complexity index is 1180. The summed E-state index contributed by atoms with van der Waals surface area (Å²) in [6.07, 6.45) is 0.207. The summed E-state index contributed by atoms with van der Waals surface area (Å²) in [7, 11) is -3.99. The molecule has 2 aromatic carbocycles. The highest BCUT2D eigenvalue weighted by molar-refractivity contribution is 9.10. The Labute approximate surface area is 185 Å². The van der Waals surface area contributed by atoms with Crippen molar-refractivity contribution in [3.05, 3.63) is 75.7 Å². The highest BCUT2D eigenvalue weighted by Gasteiger charge is 2.63. The van der Waals surface area contributed by atoms with E-state index in [0.717, 1.165) is 31.8 Å². The van der Waals surface area contributed by atoms with Gasteiger partial charge in [0.05, 0.1) is 0 Å². The van der Waals surface area contributed by atoms with Gasteiger partial charge < -0.3 is 5.11 Å². The van der Waals surface area contributed by atoms with Gasteiger partial charge in [0.25, 0.3) is 10.0 Å². The SMILES string of the molecule is O=C(O)C1(NS(=O)(=O)c2ccc(-c3ccc(Cl)cc3)s2)CC1c1ccc(Br)cc1. The molecule has 0 saturated heterocycles. The molecule has 9 heteroatoms. The van der Waals surface area contributed by atoms with Gasteiger partial charge in [-0.25, -0.2) is 8.42 Å². The van der Waals surface area contributed by atoms with Crippen LogP contribution >= 0.6 is 38.9 Å². The van der Waals surface area contributed by atoms with Crippen LogP contribution in [0.15, 0.2) is 69.3 Å². The van der Waals surface area contributed by atoms with Gasteiger partial charge in [0, 0.05) is 20.3 Å². The first-order chi connectivity index (χ1) is 13.7. The molecule has 0 bridgehead atoms. The van der Waals surface area contributed by atoms with Gasteiger partial charge in [-0.05, 0) is 53.9 Å². The first-order valence-electron chi connectivity index (χ1n) is 8.60. The van der Waals surface area contributed by atoms with Gasteiger partial charge in [-0.1, -0.05) is 51.8 Å². The minimum atomic E-state index is -3.99. The van der Waals surface area contributed by atoms with Gasteiger partial charge in [-0.15, -0.1) is 11.3 Å². The lowest BCUT2D eigenvalue weighted by atomic mass is 10.1. The molecule has 1 fully saturated rings. The second kappa shape index (κ2) is 7.52. The van der Waals surface area contributed by atoms with E-state index in [0.29, 0.717) is 5.02 Å². The number of sulfonamides is 1. The molecule has 0 radical (unpaired) electrons. The number of benzene rings is 2. The predicted octanol–water partition coefficient (Wildman–Crippen LogP) is 5.12. The van der Waals surface area contributed by atoms with Crippen molar-refractivity contribution in [2.45, 2.75) is 22.1 Å². The Morgan fingerprint density at radius 3 is 2.38 bits per heavy atom. The molecule has 4 rings (SSSR count). The van der Waals surface area contributed by atoms with E-state index in [9.17, 15) is 18.3 Å². The fourth-order valence-corrected chi connectivity index (χ4v) is 6.38. The van der Waals surface area contributed by atoms with Crippen molar-refractivity contribution in [3.63, 3.8) is 0 Å². The number of carbonyl (C=O) groups is 1. The maximum atomic E-state index is 12.9. The number of carboxylic acid groups (broad SMARTS) is 1. The van der Waals surface area contributed by atoms with E-state index in [1.807, 2.05) is 12.1 Å². The Hall–Kier alpha value is -1.71. The average molecular weight is 513 g/mol. The third-order valence-electron chi connectivity index (χ3n) is 4.91. The summed E-state index contributed by atoms with van der Waals surface area (Å²) in [5, 5.41) is 10.4. The van der Waals surface area contributed by atoms with Gasteiger partial charge in [-0.3, -0.25) is 4.79 Å². The minimum Gasteiger partial charge on any atom is -0.480 e. The molecule has 1 saturated carbocycles. The van der Waals surface area contributed by atoms with Crippen molar-refractivity contribution in [2.75, 3.05) is 0 Å². The van der Waals surface area contributed by atoms with Crippen LogP contribution in [0.25, 0.3) is 10.4 Å². The Balaban J connectivity index is 1.60. The van der Waals surface area contributed by atoms with E-state index in [1.165, 1.54) is 6.07 Å². The molecule has 0 amide bonds. The van der Waals surface area contributed by atoms with Crippen LogP contribution in [0.2, 0.25) is 5.02 Å². The topological polar surface area (TPSA) is 83.5 Å². The third-order valence-corrected chi connectivity index (χ3v) is 8.82. The molecule has 29 heavy (non-hydrogen) atoms. The summed E-state index contributed by atoms with van der Waals surface area (Å²) in [4.78, 5) is 12.7. The fraction of sp³-hybridized carbons (Fsp3) is 0.150. The van der Waals surface area contributed by atoms with Crippen LogP contribution in [0.4, 0.5) is 0 Å². The van der Waals surface area contributed by atoms with Crippen LogP contribution in [0.1, 0.15) is 17.9 Å². The maximum Gasteiger partial charge on any atom is 0.325 e. The van der Waals surface area contributed by atoms with Crippen molar-refractivity contribution in [3.8, 4) is 10.4 Å². The summed E-state index contributed by atoms with van der Waals surface area (Å²) in [5.41, 5.74) is 0.0937. The number of hydrogen-bond acceptors (Lipinski definition) is 4. The molecule has 2 atom stereocenters. The second-order valence-corrected chi connectivity index (χ2v) is 11.2. The van der Waals surface area contributed by atoms with Gasteiger partial charge in [-0.2, -0.15) is 4.72 Å². The highest BCUT2D eigenvalue weighted by Crippen LogP contribution is 2.52. The normalized spacial score (nSPS) is 21.1. The molecule has 2 N–H and O–H groups in total. The van der Waals surface area contributed by atoms with E-state index >= 15 is 0 Å². The summed E-state index contributed by atoms with van der Waals surface area (Å²) in [5.74, 6) is -1.60. The Morgan fingerprint density at radius 2 is 1.76 bits per heavy atom. The van der Waals surface area contributed by atoms with Crippen molar-refractivity contribution >= 4 is 54.9 Å². The van der Waals surface area contributed by atoms with Crippen LogP contribution in [-0.4, -0.2) is 25.0 Å². The van der Waals surface area contributed by atoms with Crippen LogP contribution in [0, 0.1) is 0 Å². The standard InChI is InChI=1S/C20H15BrClNO4S2/c21-14-5-1-12(2-6-14)16-11-20(16,19(24)25)23-29(26,27)18-10-9-17(28-18)13-3-7-15(22)8-4-13/h1-10,16,23H,11H2,(H,24,25). The monoisotopic (exact) mass is 511 g/mol. The Kier molecular flexibility index (Phi) is 5.33. The van der Waals surface area contributed by atoms with E-state index in [4.69, 9.17) is 11.6 Å². The van der Waals surface area contributed by atoms with E-state index in [1.54, 1.807) is 42.5 Å². The lowest BCUT2D eigenvalue weighted by molar-refractivity contribution is -0.140. The average Bonchev–Trinajstić information content (AvgIpc) is 3.17. The minimum absolute atomic E-state index is 0.0736. The van der Waals surface area contributed by atoms with Crippen molar-refractivity contribution in [1.29, 1.82) is 0 Å². The molecule has 1 aromatic heterocycles. The van der Waals surface area contributed by atoms with Crippen LogP contribution in [0.5, 0.6) is 0 Å². The number of halogens is 2. The van der Waals surface area contributed by atoms with E-state index in [2.05, 4.69) is 20.7 Å². The van der Waals surface area contributed by atoms with Gasteiger partial charge in [0.15, 0.2) is 0 Å². The summed E-state index contributed by atoms with van der Waals surface area (Å²) >= 11 is 10.3. The highest BCUT2D eigenvalue weighted by atomic mass is 79.9. The van der Waals surface area contributed by atoms with E-state index in [-0.39, 0.29) is 10.6 Å². The van der Waals surface area contributed by atoms with Crippen LogP contribution < -0.4 is 4.72 Å². The molecular formula is C20H15BrClNO4S2. The smallest absolute Gasteiger partial charge is 0.325 e. The van der Waals surface area contributed by atoms with Crippen molar-refractivity contribution < 1.29 is 18.3 Å². The number of thiophene rings is 1. The number of aliphatic carboxylic acids is 1. The van der Waals surface area contributed by atoms with Gasteiger partial charge in [0.1, 0.15) is 9.75 Å². The van der Waals surface area contributed by atoms with Crippen molar-refractivity contribution in [2.24, 2.45) is 0 Å². The molecular weight excluding hydrogens is 498 g/mol. The number of carboxylic acids is 1. The Morgan fingerprint density at radius 1 is 1.10 bits per heavy atom. The number of rotatable bonds is 6. The summed E-state index contributed by atoms with van der Waals surface area (Å²) < 4.78 is 29.3. The van der Waals surface area contributed by atoms with Gasteiger partial charge >= 0.3 is 5.97 Å². The summed E-state index contributed by atoms with van der Waals surface area (Å²) in [6, 6.07) is 17.5. The fourth-order valence-electron chi connectivity index (χ4n) is 3.28. The molecule has 3 aromatic rings. The van der Waals surface area contributed by atoms with Crippen molar-refractivity contribution in [1.82, 2.24) is 4.72 Å². The second-order valence-electron chi connectivity index (χ2n) is 6.82. The van der Waals surface area contributed by atoms with Crippen LogP contribution in [0.3, 0.4) is 0 Å². The number of nitrogens with one attached hydrogen (secondary N) is 1. The lowest BCUT2D eigenvalue weighted by Crippen LogP contribution is -2.44. The van der Waals surface area contributed by atoms with Gasteiger partial charge in [0.2, 0.25) is 0 Å². The first kappa shape index (κ1) is 20.6. The van der Waals surface area contributed by atoms with E-state index < -0.39 is 27.4 Å². The molecule has 1 heterocycles.